The fraction of sp³-hybridized carbons (Fsp3) is 0.188. The van der Waals surface area contributed by atoms with Crippen LogP contribution in [0.25, 0.3) is 11.3 Å². The molecule has 0 spiro atoms. The van der Waals surface area contributed by atoms with Gasteiger partial charge in [-0.2, -0.15) is 5.10 Å². The van der Waals surface area contributed by atoms with Crippen LogP contribution < -0.4 is 5.32 Å². The summed E-state index contributed by atoms with van der Waals surface area (Å²) in [5, 5.41) is 9.88. The molecule has 3 aromatic rings. The fourth-order valence-corrected chi connectivity index (χ4v) is 3.17. The first kappa shape index (κ1) is 15.7. The lowest BCUT2D eigenvalue weighted by molar-refractivity contribution is 0.101. The zero-order valence-electron chi connectivity index (χ0n) is 12.7. The molecule has 118 valence electrons. The average molecular weight is 347 g/mol. The SMILES string of the molecule is CCn1nc(C)c(Cl)c1C(=O)Nc1nc(-c2ccccc2)cs1. The van der Waals surface area contributed by atoms with E-state index in [0.29, 0.717) is 28.1 Å². The molecule has 1 amide bonds. The number of aryl methyl sites for hydroxylation is 2. The van der Waals surface area contributed by atoms with Gasteiger partial charge in [-0.1, -0.05) is 41.9 Å². The minimum Gasteiger partial charge on any atom is -0.296 e. The first-order valence-corrected chi connectivity index (χ1v) is 8.41. The van der Waals surface area contributed by atoms with Crippen molar-refractivity contribution in [3.8, 4) is 11.3 Å². The van der Waals surface area contributed by atoms with E-state index in [4.69, 9.17) is 11.6 Å². The van der Waals surface area contributed by atoms with Crippen LogP contribution in [0.2, 0.25) is 5.02 Å². The molecule has 0 atom stereocenters. The number of benzene rings is 1. The van der Waals surface area contributed by atoms with E-state index in [1.807, 2.05) is 42.6 Å². The highest BCUT2D eigenvalue weighted by atomic mass is 35.5. The molecule has 23 heavy (non-hydrogen) atoms. The number of hydrogen-bond acceptors (Lipinski definition) is 4. The first-order valence-electron chi connectivity index (χ1n) is 7.15. The van der Waals surface area contributed by atoms with Gasteiger partial charge in [-0.3, -0.25) is 14.8 Å². The predicted molar refractivity (Wildman–Crippen MR) is 93.2 cm³/mol. The van der Waals surface area contributed by atoms with E-state index in [1.54, 1.807) is 11.6 Å². The number of amides is 1. The molecule has 0 fully saturated rings. The fourth-order valence-electron chi connectivity index (χ4n) is 2.23. The lowest BCUT2D eigenvalue weighted by Gasteiger charge is -2.04. The molecule has 0 aliphatic rings. The highest BCUT2D eigenvalue weighted by Crippen LogP contribution is 2.26. The third kappa shape index (κ3) is 3.13. The number of nitrogens with one attached hydrogen (secondary N) is 1. The van der Waals surface area contributed by atoms with Crippen LogP contribution in [0.15, 0.2) is 35.7 Å². The van der Waals surface area contributed by atoms with Crippen molar-refractivity contribution in [1.82, 2.24) is 14.8 Å². The Kier molecular flexibility index (Phi) is 4.45. The van der Waals surface area contributed by atoms with Gasteiger partial charge in [-0.25, -0.2) is 4.98 Å². The number of hydrogen-bond donors (Lipinski definition) is 1. The van der Waals surface area contributed by atoms with Crippen molar-refractivity contribution >= 4 is 34.0 Å². The van der Waals surface area contributed by atoms with E-state index in [-0.39, 0.29) is 5.91 Å². The summed E-state index contributed by atoms with van der Waals surface area (Å²) in [6.45, 7) is 4.27. The Balaban J connectivity index is 1.83. The number of thiazole rings is 1. The summed E-state index contributed by atoms with van der Waals surface area (Å²) < 4.78 is 1.60. The van der Waals surface area contributed by atoms with Crippen molar-refractivity contribution in [1.29, 1.82) is 0 Å². The summed E-state index contributed by atoms with van der Waals surface area (Å²) in [4.78, 5) is 16.9. The number of halogens is 1. The molecule has 7 heteroatoms. The molecule has 0 unspecified atom stereocenters. The van der Waals surface area contributed by atoms with E-state index in [2.05, 4.69) is 15.4 Å². The molecule has 0 saturated carbocycles. The van der Waals surface area contributed by atoms with Crippen molar-refractivity contribution < 1.29 is 4.79 Å². The summed E-state index contributed by atoms with van der Waals surface area (Å²) in [6, 6.07) is 9.82. The summed E-state index contributed by atoms with van der Waals surface area (Å²) in [5.74, 6) is -0.300. The molecule has 2 heterocycles. The maximum atomic E-state index is 12.5. The summed E-state index contributed by atoms with van der Waals surface area (Å²) in [5.41, 5.74) is 2.85. The normalized spacial score (nSPS) is 10.7. The van der Waals surface area contributed by atoms with Crippen molar-refractivity contribution in [2.24, 2.45) is 0 Å². The highest BCUT2D eigenvalue weighted by molar-refractivity contribution is 7.14. The van der Waals surface area contributed by atoms with Crippen LogP contribution in [-0.2, 0) is 6.54 Å². The van der Waals surface area contributed by atoms with Crippen LogP contribution in [0.1, 0.15) is 23.1 Å². The number of nitrogens with zero attached hydrogens (tertiary/aromatic N) is 3. The number of carbonyl (C=O) groups excluding carboxylic acids is 1. The molecule has 0 radical (unpaired) electrons. The summed E-state index contributed by atoms with van der Waals surface area (Å²) >= 11 is 7.57. The van der Waals surface area contributed by atoms with Gasteiger partial charge in [-0.05, 0) is 13.8 Å². The second-order valence-electron chi connectivity index (χ2n) is 4.92. The summed E-state index contributed by atoms with van der Waals surface area (Å²) in [7, 11) is 0. The third-order valence-corrected chi connectivity index (χ3v) is 4.57. The van der Waals surface area contributed by atoms with Gasteiger partial charge in [0.05, 0.1) is 16.4 Å². The first-order chi connectivity index (χ1) is 11.1. The van der Waals surface area contributed by atoms with E-state index in [9.17, 15) is 4.79 Å². The van der Waals surface area contributed by atoms with Gasteiger partial charge in [0.1, 0.15) is 5.69 Å². The van der Waals surface area contributed by atoms with Crippen molar-refractivity contribution in [3.63, 3.8) is 0 Å². The van der Waals surface area contributed by atoms with Crippen LogP contribution >= 0.6 is 22.9 Å². The molecule has 0 aliphatic heterocycles. The molecule has 2 aromatic heterocycles. The Morgan fingerprint density at radius 2 is 2.09 bits per heavy atom. The van der Waals surface area contributed by atoms with Gasteiger partial charge in [0.2, 0.25) is 0 Å². The van der Waals surface area contributed by atoms with E-state index >= 15 is 0 Å². The van der Waals surface area contributed by atoms with Gasteiger partial charge in [0.15, 0.2) is 5.13 Å². The Bertz CT molecular complexity index is 841. The molecule has 5 nitrogen and oxygen atoms in total. The lowest BCUT2D eigenvalue weighted by atomic mass is 10.2. The van der Waals surface area contributed by atoms with Crippen LogP contribution in [0, 0.1) is 6.92 Å². The maximum absolute atomic E-state index is 12.5. The number of carbonyl (C=O) groups is 1. The predicted octanol–water partition coefficient (Wildman–Crippen LogP) is 4.24. The number of anilines is 1. The number of aromatic nitrogens is 3. The molecular formula is C16H15ClN4OS. The van der Waals surface area contributed by atoms with Crippen LogP contribution in [0.3, 0.4) is 0 Å². The van der Waals surface area contributed by atoms with Gasteiger partial charge < -0.3 is 0 Å². The molecule has 0 saturated heterocycles. The Morgan fingerprint density at radius 3 is 2.78 bits per heavy atom. The molecule has 1 aromatic carbocycles. The molecule has 3 rings (SSSR count). The largest absolute Gasteiger partial charge is 0.296 e. The number of rotatable bonds is 4. The second kappa shape index (κ2) is 6.52. The Morgan fingerprint density at radius 1 is 1.35 bits per heavy atom. The third-order valence-electron chi connectivity index (χ3n) is 3.36. The van der Waals surface area contributed by atoms with Gasteiger partial charge in [0.25, 0.3) is 5.91 Å². The Hall–Kier alpha value is -2.18. The van der Waals surface area contributed by atoms with Gasteiger partial charge in [0, 0.05) is 17.5 Å². The monoisotopic (exact) mass is 346 g/mol. The van der Waals surface area contributed by atoms with Crippen molar-refractivity contribution in [2.75, 3.05) is 5.32 Å². The maximum Gasteiger partial charge on any atom is 0.277 e. The minimum atomic E-state index is -0.300. The topological polar surface area (TPSA) is 59.8 Å². The molecular weight excluding hydrogens is 332 g/mol. The van der Waals surface area contributed by atoms with E-state index < -0.39 is 0 Å². The van der Waals surface area contributed by atoms with Crippen molar-refractivity contribution in [2.45, 2.75) is 20.4 Å². The molecule has 1 N–H and O–H groups in total. The zero-order chi connectivity index (χ0) is 16.4. The lowest BCUT2D eigenvalue weighted by Crippen LogP contribution is -2.17. The average Bonchev–Trinajstić information content (AvgIpc) is 3.13. The quantitative estimate of drug-likeness (QED) is 0.768. The Labute approximate surface area is 142 Å². The van der Waals surface area contributed by atoms with E-state index in [1.165, 1.54) is 11.3 Å². The smallest absolute Gasteiger partial charge is 0.277 e. The van der Waals surface area contributed by atoms with Gasteiger partial charge >= 0.3 is 0 Å². The minimum absolute atomic E-state index is 0.300. The molecule has 0 bridgehead atoms. The standard InChI is InChI=1S/C16H15ClN4OS/c1-3-21-14(13(17)10(2)20-21)15(22)19-16-18-12(9-23-16)11-7-5-4-6-8-11/h4-9H,3H2,1-2H3,(H,18,19,22). The molecule has 0 aliphatic carbocycles. The van der Waals surface area contributed by atoms with Crippen LogP contribution in [0.5, 0.6) is 0 Å². The van der Waals surface area contributed by atoms with Crippen LogP contribution in [-0.4, -0.2) is 20.7 Å². The van der Waals surface area contributed by atoms with E-state index in [0.717, 1.165) is 11.3 Å². The second-order valence-corrected chi connectivity index (χ2v) is 6.16. The summed E-state index contributed by atoms with van der Waals surface area (Å²) in [6.07, 6.45) is 0. The van der Waals surface area contributed by atoms with Crippen LogP contribution in [0.4, 0.5) is 5.13 Å². The zero-order valence-corrected chi connectivity index (χ0v) is 14.3. The highest BCUT2D eigenvalue weighted by Gasteiger charge is 2.20. The van der Waals surface area contributed by atoms with Gasteiger partial charge in [-0.15, -0.1) is 11.3 Å². The van der Waals surface area contributed by atoms with Crippen molar-refractivity contribution in [3.05, 3.63) is 52.1 Å².